The number of likely N-dealkylation sites (N-methyl/N-ethyl adjacent to an activating group) is 1. The van der Waals surface area contributed by atoms with E-state index in [1.165, 1.54) is 19.0 Å². The number of benzene rings is 1. The van der Waals surface area contributed by atoms with Crippen molar-refractivity contribution in [3.8, 4) is 5.75 Å². The van der Waals surface area contributed by atoms with Crippen molar-refractivity contribution >= 4 is 29.2 Å². The molecule has 2 fully saturated rings. The second-order valence-corrected chi connectivity index (χ2v) is 13.3. The van der Waals surface area contributed by atoms with Crippen LogP contribution in [0.15, 0.2) is 29.0 Å². The van der Waals surface area contributed by atoms with Crippen molar-refractivity contribution in [2.45, 2.75) is 76.0 Å². The minimum absolute atomic E-state index is 0.00437. The van der Waals surface area contributed by atoms with Gasteiger partial charge in [0.15, 0.2) is 11.4 Å². The fourth-order valence-corrected chi connectivity index (χ4v) is 7.21. The van der Waals surface area contributed by atoms with Gasteiger partial charge in [0.25, 0.3) is 5.91 Å². The van der Waals surface area contributed by atoms with E-state index in [4.69, 9.17) is 10.5 Å². The molecule has 0 unspecified atom stereocenters. The monoisotopic (exact) mass is 582 g/mol. The van der Waals surface area contributed by atoms with Gasteiger partial charge in [0.05, 0.1) is 23.4 Å². The van der Waals surface area contributed by atoms with E-state index in [0.717, 1.165) is 6.42 Å². The summed E-state index contributed by atoms with van der Waals surface area (Å²) in [6, 6.07) is 2.08. The number of hydrogen-bond donors (Lipinski definition) is 5. The molecule has 0 heterocycles. The largest absolute Gasteiger partial charge is 0.508 e. The van der Waals surface area contributed by atoms with Gasteiger partial charge in [-0.2, -0.15) is 0 Å². The molecule has 0 spiro atoms. The molecule has 4 aliphatic rings. The number of aromatic hydroxyl groups is 1. The first-order valence-electron chi connectivity index (χ1n) is 14.2. The fourth-order valence-electron chi connectivity index (χ4n) is 7.21. The predicted molar refractivity (Wildman–Crippen MR) is 150 cm³/mol. The molecule has 226 valence electrons. The number of aliphatic hydroxyl groups excluding tert-OH is 2. The number of fused-ring (bicyclic) bond motifs is 3. The summed E-state index contributed by atoms with van der Waals surface area (Å²) in [4.78, 5) is 55.1. The van der Waals surface area contributed by atoms with Gasteiger partial charge in [0.2, 0.25) is 5.78 Å². The maximum atomic E-state index is 14.4. The number of Topliss-reactive ketones (excluding diaryl/α,β-unsaturated/α-hetero) is 2. The van der Waals surface area contributed by atoms with Crippen LogP contribution < -0.4 is 5.73 Å². The molecule has 42 heavy (non-hydrogen) atoms. The lowest BCUT2D eigenvalue weighted by Crippen LogP contribution is -2.71. The van der Waals surface area contributed by atoms with Crippen molar-refractivity contribution in [3.63, 3.8) is 0 Å². The number of esters is 1. The molecule has 1 amide bonds. The average molecular weight is 583 g/mol. The molecule has 1 aromatic carbocycles. The van der Waals surface area contributed by atoms with Gasteiger partial charge in [-0.05, 0) is 43.8 Å². The molecule has 11 nitrogen and oxygen atoms in total. The highest BCUT2D eigenvalue weighted by atomic mass is 16.5. The SMILES string of the molecule is C[C@@H]1c2ccc(C(C)(C)C)c(O)c2C(O)=C2C(=O)[C@@]3(O)C(O)=C(C(N)=O)C(=O)[C@H](N(C)C)[C@H]3[C@H](OC(=O)C3CCC3)[C@H]21. The Morgan fingerprint density at radius 3 is 2.21 bits per heavy atom. The normalized spacial score (nSPS) is 31.4. The summed E-state index contributed by atoms with van der Waals surface area (Å²) < 4.78 is 6.07. The smallest absolute Gasteiger partial charge is 0.309 e. The average Bonchev–Trinajstić information content (AvgIpc) is 2.83. The number of nitrogens with zero attached hydrogens (tertiary/aromatic N) is 1. The second-order valence-electron chi connectivity index (χ2n) is 13.3. The lowest BCUT2D eigenvalue weighted by Gasteiger charge is -2.54. The molecular weight excluding hydrogens is 544 g/mol. The number of phenolic OH excluding ortho intramolecular Hbond substituents is 1. The number of aliphatic hydroxyl groups is 3. The van der Waals surface area contributed by atoms with Gasteiger partial charge in [-0.3, -0.25) is 24.1 Å². The zero-order chi connectivity index (χ0) is 31.2. The van der Waals surface area contributed by atoms with E-state index >= 15 is 0 Å². The summed E-state index contributed by atoms with van der Waals surface area (Å²) in [6.45, 7) is 7.36. The first-order chi connectivity index (χ1) is 19.5. The van der Waals surface area contributed by atoms with Crippen LogP contribution in [0.1, 0.15) is 69.6 Å². The van der Waals surface area contributed by atoms with Crippen molar-refractivity contribution in [2.75, 3.05) is 14.1 Å². The number of primary amides is 1. The van der Waals surface area contributed by atoms with Crippen LogP contribution in [-0.2, 0) is 29.3 Å². The van der Waals surface area contributed by atoms with Crippen LogP contribution in [0.5, 0.6) is 5.75 Å². The predicted octanol–water partition coefficient (Wildman–Crippen LogP) is 2.14. The number of ether oxygens (including phenoxy) is 1. The molecule has 4 aliphatic carbocycles. The number of carbonyl (C=O) groups is 4. The van der Waals surface area contributed by atoms with Crippen molar-refractivity contribution in [1.29, 1.82) is 0 Å². The standard InChI is InChI=1S/C31H38N2O9/c1-12-14-10-11-15(30(2,3)4)22(34)17(14)23(35)18-16(12)25(42-29(40)13-8-7-9-13)20-21(33(5)6)24(36)19(28(32)39)27(38)31(20,41)26(18)37/h10-13,16,20-21,25,34-35,38,41H,7-9H2,1-6H3,(H2,32,39)/t12-,16+,20+,21-,25-,31-/m1/s1. The molecule has 0 saturated heterocycles. The van der Waals surface area contributed by atoms with Gasteiger partial charge in [-0.15, -0.1) is 0 Å². The second kappa shape index (κ2) is 9.67. The van der Waals surface area contributed by atoms with E-state index in [-0.39, 0.29) is 16.9 Å². The quantitative estimate of drug-likeness (QED) is 0.260. The van der Waals surface area contributed by atoms with Crippen LogP contribution in [0.2, 0.25) is 0 Å². The third-order valence-electron chi connectivity index (χ3n) is 9.60. The van der Waals surface area contributed by atoms with Crippen molar-refractivity contribution in [2.24, 2.45) is 23.5 Å². The number of phenols is 1. The molecule has 0 aromatic heterocycles. The Labute approximate surface area is 243 Å². The fraction of sp³-hybridized carbons (Fsp3) is 0.548. The Hall–Kier alpha value is -3.70. The van der Waals surface area contributed by atoms with Gasteiger partial charge in [0.1, 0.15) is 28.9 Å². The van der Waals surface area contributed by atoms with Gasteiger partial charge in [-0.1, -0.05) is 46.2 Å². The number of hydrogen-bond acceptors (Lipinski definition) is 10. The maximum absolute atomic E-state index is 14.4. The van der Waals surface area contributed by atoms with Crippen LogP contribution in [0.4, 0.5) is 0 Å². The Morgan fingerprint density at radius 1 is 1.10 bits per heavy atom. The zero-order valence-electron chi connectivity index (χ0n) is 24.6. The molecule has 0 aliphatic heterocycles. The Bertz CT molecular complexity index is 1480. The minimum atomic E-state index is -2.95. The summed E-state index contributed by atoms with van der Waals surface area (Å²) >= 11 is 0. The van der Waals surface area contributed by atoms with E-state index in [1.807, 2.05) is 20.8 Å². The Morgan fingerprint density at radius 2 is 1.71 bits per heavy atom. The Balaban J connectivity index is 1.83. The van der Waals surface area contributed by atoms with E-state index in [2.05, 4.69) is 0 Å². The lowest BCUT2D eigenvalue weighted by molar-refractivity contribution is -0.189. The first kappa shape index (κ1) is 29.8. The minimum Gasteiger partial charge on any atom is -0.508 e. The summed E-state index contributed by atoms with van der Waals surface area (Å²) in [7, 11) is 2.99. The van der Waals surface area contributed by atoms with E-state index in [9.17, 15) is 39.6 Å². The molecule has 1 aromatic rings. The zero-order valence-corrected chi connectivity index (χ0v) is 24.6. The molecule has 0 bridgehead atoms. The highest BCUT2D eigenvalue weighted by Crippen LogP contribution is 2.57. The van der Waals surface area contributed by atoms with Gasteiger partial charge < -0.3 is 30.9 Å². The lowest BCUT2D eigenvalue weighted by atomic mass is 9.54. The molecule has 2 saturated carbocycles. The number of rotatable bonds is 4. The number of carbonyl (C=O) groups excluding carboxylic acids is 4. The van der Waals surface area contributed by atoms with E-state index < -0.39 is 87.4 Å². The summed E-state index contributed by atoms with van der Waals surface area (Å²) in [5.41, 5.74) is 1.62. The molecule has 6 N–H and O–H groups in total. The first-order valence-corrected chi connectivity index (χ1v) is 14.2. The molecule has 6 atom stereocenters. The summed E-state index contributed by atoms with van der Waals surface area (Å²) in [5, 5.41) is 46.5. The molecule has 11 heteroatoms. The van der Waals surface area contributed by atoms with Crippen molar-refractivity contribution < 1.29 is 44.3 Å². The third-order valence-corrected chi connectivity index (χ3v) is 9.60. The molecular formula is C31H38N2O9. The number of ketones is 2. The van der Waals surface area contributed by atoms with E-state index in [1.54, 1.807) is 19.1 Å². The van der Waals surface area contributed by atoms with Crippen LogP contribution in [0.25, 0.3) is 5.76 Å². The van der Waals surface area contributed by atoms with Crippen LogP contribution >= 0.6 is 0 Å². The summed E-state index contributed by atoms with van der Waals surface area (Å²) in [5.74, 6) is -9.82. The number of nitrogens with two attached hydrogens (primary N) is 1. The molecule has 0 radical (unpaired) electrons. The van der Waals surface area contributed by atoms with Crippen LogP contribution in [-0.4, -0.2) is 80.6 Å². The topological polar surface area (TPSA) is 188 Å². The van der Waals surface area contributed by atoms with E-state index in [0.29, 0.717) is 24.0 Å². The van der Waals surface area contributed by atoms with Gasteiger partial charge in [-0.25, -0.2) is 0 Å². The maximum Gasteiger partial charge on any atom is 0.309 e. The highest BCUT2D eigenvalue weighted by Gasteiger charge is 2.69. The highest BCUT2D eigenvalue weighted by molar-refractivity contribution is 6.24. The van der Waals surface area contributed by atoms with Gasteiger partial charge >= 0.3 is 5.97 Å². The summed E-state index contributed by atoms with van der Waals surface area (Å²) in [6.07, 6.45) is 0.619. The number of amides is 1. The molecule has 5 rings (SSSR count). The van der Waals surface area contributed by atoms with Crippen molar-refractivity contribution in [3.05, 3.63) is 45.7 Å². The third kappa shape index (κ3) is 3.93. The van der Waals surface area contributed by atoms with Crippen molar-refractivity contribution in [1.82, 2.24) is 4.90 Å². The Kier molecular flexibility index (Phi) is 6.86. The van der Waals surface area contributed by atoms with Crippen LogP contribution in [0.3, 0.4) is 0 Å². The van der Waals surface area contributed by atoms with Gasteiger partial charge in [0, 0.05) is 17.1 Å². The van der Waals surface area contributed by atoms with Crippen LogP contribution in [0, 0.1) is 17.8 Å².